The molecule has 0 saturated carbocycles. The van der Waals surface area contributed by atoms with Gasteiger partial charge in [-0.15, -0.1) is 10.2 Å². The molecule has 0 fully saturated rings. The van der Waals surface area contributed by atoms with E-state index in [1.54, 1.807) is 30.6 Å². The summed E-state index contributed by atoms with van der Waals surface area (Å²) in [6, 6.07) is 9.27. The zero-order valence-corrected chi connectivity index (χ0v) is 12.7. The number of benzene rings is 1. The molecule has 0 aliphatic carbocycles. The second kappa shape index (κ2) is 5.91. The Morgan fingerprint density at radius 3 is 2.65 bits per heavy atom. The van der Waals surface area contributed by atoms with Gasteiger partial charge in [0, 0.05) is 24.1 Å². The largest absolute Gasteiger partial charge is 0.465 e. The molecule has 0 atom stereocenters. The molecule has 23 heavy (non-hydrogen) atoms. The number of nitrogens with zero attached hydrogens (tertiary/aromatic N) is 5. The van der Waals surface area contributed by atoms with Crippen LogP contribution in [0, 0.1) is 0 Å². The van der Waals surface area contributed by atoms with Gasteiger partial charge in [0.05, 0.1) is 0 Å². The first-order chi connectivity index (χ1) is 11.1. The molecule has 0 aliphatic heterocycles. The second-order valence-electron chi connectivity index (χ2n) is 5.21. The normalized spacial score (nSPS) is 10.9. The van der Waals surface area contributed by atoms with Crippen molar-refractivity contribution in [1.29, 1.82) is 0 Å². The summed E-state index contributed by atoms with van der Waals surface area (Å²) in [7, 11) is 0. The van der Waals surface area contributed by atoms with Gasteiger partial charge < -0.3 is 10.4 Å². The van der Waals surface area contributed by atoms with E-state index in [9.17, 15) is 9.90 Å². The van der Waals surface area contributed by atoms with Gasteiger partial charge in [-0.05, 0) is 26.0 Å². The molecule has 0 spiro atoms. The van der Waals surface area contributed by atoms with E-state index in [2.05, 4.69) is 20.5 Å². The number of para-hydroxylation sites is 1. The minimum Gasteiger partial charge on any atom is -0.465 e. The van der Waals surface area contributed by atoms with E-state index >= 15 is 0 Å². The third-order valence-corrected chi connectivity index (χ3v) is 3.28. The van der Waals surface area contributed by atoms with E-state index < -0.39 is 6.09 Å². The SMILES string of the molecule is CC(C)N(C(=O)O)c1nnc2c(Nc3ccccc3)nccn12. The number of nitrogens with one attached hydrogen (secondary N) is 1. The van der Waals surface area contributed by atoms with Crippen LogP contribution in [-0.2, 0) is 0 Å². The molecule has 2 N–H and O–H groups in total. The van der Waals surface area contributed by atoms with Crippen molar-refractivity contribution in [2.24, 2.45) is 0 Å². The Morgan fingerprint density at radius 1 is 1.26 bits per heavy atom. The van der Waals surface area contributed by atoms with E-state index in [4.69, 9.17) is 0 Å². The average molecular weight is 312 g/mol. The van der Waals surface area contributed by atoms with Crippen LogP contribution in [-0.4, -0.2) is 36.8 Å². The average Bonchev–Trinajstić information content (AvgIpc) is 2.93. The zero-order chi connectivity index (χ0) is 16.4. The Bertz CT molecular complexity index is 830. The highest BCUT2D eigenvalue weighted by molar-refractivity contribution is 5.85. The Kier molecular flexibility index (Phi) is 3.80. The predicted octanol–water partition coefficient (Wildman–Crippen LogP) is 2.76. The number of aromatic nitrogens is 4. The van der Waals surface area contributed by atoms with Crippen molar-refractivity contribution in [2.75, 3.05) is 10.2 Å². The van der Waals surface area contributed by atoms with Crippen molar-refractivity contribution in [3.05, 3.63) is 42.7 Å². The molecule has 8 nitrogen and oxygen atoms in total. The quantitative estimate of drug-likeness (QED) is 0.769. The molecular formula is C15H16N6O2. The topological polar surface area (TPSA) is 95.7 Å². The third-order valence-electron chi connectivity index (χ3n) is 3.28. The van der Waals surface area contributed by atoms with E-state index in [0.717, 1.165) is 10.6 Å². The molecule has 1 aromatic carbocycles. The van der Waals surface area contributed by atoms with Crippen molar-refractivity contribution < 1.29 is 9.90 Å². The lowest BCUT2D eigenvalue weighted by molar-refractivity contribution is 0.199. The molecule has 2 aromatic heterocycles. The molecule has 0 saturated heterocycles. The lowest BCUT2D eigenvalue weighted by atomic mass is 10.3. The standard InChI is InChI=1S/C15H16N6O2/c1-10(2)21(15(22)23)14-19-18-13-12(16-8-9-20(13)14)17-11-6-4-3-5-7-11/h3-10H,1-2H3,(H,16,17)(H,22,23). The molecule has 0 bridgehead atoms. The summed E-state index contributed by atoms with van der Waals surface area (Å²) in [5.74, 6) is 0.743. The zero-order valence-electron chi connectivity index (χ0n) is 12.7. The monoisotopic (exact) mass is 312 g/mol. The van der Waals surface area contributed by atoms with Crippen LogP contribution < -0.4 is 10.2 Å². The third kappa shape index (κ3) is 2.78. The molecule has 3 aromatic rings. The van der Waals surface area contributed by atoms with Crippen molar-refractivity contribution in [3.63, 3.8) is 0 Å². The fourth-order valence-electron chi connectivity index (χ4n) is 2.26. The lowest BCUT2D eigenvalue weighted by Gasteiger charge is -2.20. The molecule has 2 heterocycles. The smallest absolute Gasteiger partial charge is 0.414 e. The van der Waals surface area contributed by atoms with Gasteiger partial charge in [0.1, 0.15) is 0 Å². The van der Waals surface area contributed by atoms with Crippen LogP contribution in [0.4, 0.5) is 22.2 Å². The Hall–Kier alpha value is -3.16. The highest BCUT2D eigenvalue weighted by Crippen LogP contribution is 2.22. The highest BCUT2D eigenvalue weighted by atomic mass is 16.4. The molecule has 0 unspecified atom stereocenters. The van der Waals surface area contributed by atoms with Gasteiger partial charge >= 0.3 is 6.09 Å². The number of hydrogen-bond donors (Lipinski definition) is 2. The number of fused-ring (bicyclic) bond motifs is 1. The van der Waals surface area contributed by atoms with Crippen LogP contribution in [0.1, 0.15) is 13.8 Å². The first-order valence-electron chi connectivity index (χ1n) is 7.12. The van der Waals surface area contributed by atoms with Crippen molar-refractivity contribution >= 4 is 29.2 Å². The first-order valence-corrected chi connectivity index (χ1v) is 7.12. The van der Waals surface area contributed by atoms with Crippen LogP contribution >= 0.6 is 0 Å². The summed E-state index contributed by atoms with van der Waals surface area (Å²) in [5.41, 5.74) is 1.31. The molecule has 118 valence electrons. The van der Waals surface area contributed by atoms with Crippen LogP contribution in [0.15, 0.2) is 42.7 Å². The fourth-order valence-corrected chi connectivity index (χ4v) is 2.26. The van der Waals surface area contributed by atoms with Gasteiger partial charge in [-0.2, -0.15) is 0 Å². The van der Waals surface area contributed by atoms with Crippen LogP contribution in [0.2, 0.25) is 0 Å². The lowest BCUT2D eigenvalue weighted by Crippen LogP contribution is -2.37. The summed E-state index contributed by atoms with van der Waals surface area (Å²) < 4.78 is 1.60. The highest BCUT2D eigenvalue weighted by Gasteiger charge is 2.24. The van der Waals surface area contributed by atoms with E-state index in [0.29, 0.717) is 11.5 Å². The molecule has 8 heteroatoms. The van der Waals surface area contributed by atoms with Crippen LogP contribution in [0.3, 0.4) is 0 Å². The first kappa shape index (κ1) is 14.8. The fraction of sp³-hybridized carbons (Fsp3) is 0.200. The van der Waals surface area contributed by atoms with Gasteiger partial charge in [-0.3, -0.25) is 4.40 Å². The summed E-state index contributed by atoms with van der Waals surface area (Å²) in [4.78, 5) is 16.9. The minimum atomic E-state index is -1.08. The summed E-state index contributed by atoms with van der Waals surface area (Å²) in [6.07, 6.45) is 2.13. The summed E-state index contributed by atoms with van der Waals surface area (Å²) in [5, 5.41) is 20.7. The number of carbonyl (C=O) groups is 1. The van der Waals surface area contributed by atoms with Crippen molar-refractivity contribution in [3.8, 4) is 0 Å². The van der Waals surface area contributed by atoms with Crippen molar-refractivity contribution in [1.82, 2.24) is 19.6 Å². The van der Waals surface area contributed by atoms with Gasteiger partial charge in [0.2, 0.25) is 11.6 Å². The van der Waals surface area contributed by atoms with Gasteiger partial charge in [0.25, 0.3) is 0 Å². The summed E-state index contributed by atoms with van der Waals surface area (Å²) in [6.45, 7) is 3.55. The van der Waals surface area contributed by atoms with E-state index in [1.165, 1.54) is 0 Å². The van der Waals surface area contributed by atoms with Crippen molar-refractivity contribution in [2.45, 2.75) is 19.9 Å². The van der Waals surface area contributed by atoms with E-state index in [1.807, 2.05) is 30.3 Å². The second-order valence-corrected chi connectivity index (χ2v) is 5.21. The van der Waals surface area contributed by atoms with Crippen LogP contribution in [0.25, 0.3) is 5.65 Å². The summed E-state index contributed by atoms with van der Waals surface area (Å²) >= 11 is 0. The maximum atomic E-state index is 11.5. The maximum Gasteiger partial charge on any atom is 0.414 e. The number of amides is 1. The number of rotatable bonds is 4. The molecular weight excluding hydrogens is 296 g/mol. The van der Waals surface area contributed by atoms with Gasteiger partial charge in [-0.25, -0.2) is 14.7 Å². The van der Waals surface area contributed by atoms with Gasteiger partial charge in [-0.1, -0.05) is 18.2 Å². The molecule has 1 amide bonds. The number of hydrogen-bond acceptors (Lipinski definition) is 5. The Labute approximate surface area is 132 Å². The maximum absolute atomic E-state index is 11.5. The Balaban J connectivity index is 2.05. The molecule has 3 rings (SSSR count). The number of carboxylic acid groups (broad SMARTS) is 1. The Morgan fingerprint density at radius 2 is 2.00 bits per heavy atom. The minimum absolute atomic E-state index is 0.237. The molecule has 0 aliphatic rings. The molecule has 0 radical (unpaired) electrons. The van der Waals surface area contributed by atoms with Gasteiger partial charge in [0.15, 0.2) is 5.82 Å². The number of anilines is 3. The van der Waals surface area contributed by atoms with E-state index in [-0.39, 0.29) is 12.0 Å². The van der Waals surface area contributed by atoms with Crippen LogP contribution in [0.5, 0.6) is 0 Å². The predicted molar refractivity (Wildman–Crippen MR) is 86.1 cm³/mol.